The zero-order chi connectivity index (χ0) is 10.1. The molecular formula is C10H9NO3. The zero-order valence-corrected chi connectivity index (χ0v) is 7.31. The highest BCUT2D eigenvalue weighted by Gasteiger charge is 2.34. The fourth-order valence-electron chi connectivity index (χ4n) is 1.78. The molecule has 1 aliphatic heterocycles. The highest BCUT2D eigenvalue weighted by atomic mass is 16.4. The Hall–Kier alpha value is -1.84. The molecule has 2 atom stereocenters. The molecule has 0 aromatic heterocycles. The number of nitrogens with one attached hydrogen (secondary N) is 1. The second-order valence-corrected chi connectivity index (χ2v) is 3.24. The van der Waals surface area contributed by atoms with Gasteiger partial charge in [-0.05, 0) is 0 Å². The minimum absolute atomic E-state index is 0.205. The van der Waals surface area contributed by atoms with E-state index < -0.39 is 5.97 Å². The van der Waals surface area contributed by atoms with Crippen LogP contribution in [0.25, 0.3) is 0 Å². The largest absolute Gasteiger partial charge is 0.478 e. The van der Waals surface area contributed by atoms with Crippen LogP contribution >= 0.6 is 0 Å². The maximum Gasteiger partial charge on any atom is 0.333 e. The minimum atomic E-state index is -0.943. The van der Waals surface area contributed by atoms with E-state index in [4.69, 9.17) is 5.11 Å². The predicted molar refractivity (Wildman–Crippen MR) is 49.4 cm³/mol. The van der Waals surface area contributed by atoms with Gasteiger partial charge in [0.1, 0.15) is 6.29 Å². The number of hydrogen-bond acceptors (Lipinski definition) is 3. The third-order valence-corrected chi connectivity index (χ3v) is 2.49. The third kappa shape index (κ3) is 1.16. The first-order valence-electron chi connectivity index (χ1n) is 4.27. The van der Waals surface area contributed by atoms with E-state index >= 15 is 0 Å². The molecule has 0 bridgehead atoms. The van der Waals surface area contributed by atoms with Gasteiger partial charge in [-0.15, -0.1) is 0 Å². The van der Waals surface area contributed by atoms with E-state index in [2.05, 4.69) is 5.32 Å². The summed E-state index contributed by atoms with van der Waals surface area (Å²) < 4.78 is 0. The van der Waals surface area contributed by atoms with Gasteiger partial charge in [-0.25, -0.2) is 4.79 Å². The lowest BCUT2D eigenvalue weighted by molar-refractivity contribution is -0.133. The Morgan fingerprint density at radius 1 is 1.57 bits per heavy atom. The fourth-order valence-corrected chi connectivity index (χ4v) is 1.78. The Kier molecular flexibility index (Phi) is 1.96. The Balaban J connectivity index is 2.30. The van der Waals surface area contributed by atoms with Crippen LogP contribution in [0.15, 0.2) is 35.6 Å². The average molecular weight is 191 g/mol. The van der Waals surface area contributed by atoms with Gasteiger partial charge in [0.15, 0.2) is 0 Å². The molecule has 0 amide bonds. The molecule has 0 aromatic carbocycles. The van der Waals surface area contributed by atoms with E-state index in [0.717, 1.165) is 6.29 Å². The number of fused-ring (bicyclic) bond motifs is 1. The molecular weight excluding hydrogens is 182 g/mol. The first kappa shape index (κ1) is 8.74. The molecule has 0 saturated heterocycles. The molecule has 0 spiro atoms. The summed E-state index contributed by atoms with van der Waals surface area (Å²) in [7, 11) is 0. The number of rotatable bonds is 2. The summed E-state index contributed by atoms with van der Waals surface area (Å²) >= 11 is 0. The molecule has 0 saturated carbocycles. The average Bonchev–Trinajstić information content (AvgIpc) is 2.60. The molecule has 1 aliphatic carbocycles. The van der Waals surface area contributed by atoms with Crippen LogP contribution in [0.4, 0.5) is 0 Å². The summed E-state index contributed by atoms with van der Waals surface area (Å²) in [5.74, 6) is -1.17. The van der Waals surface area contributed by atoms with E-state index in [-0.39, 0.29) is 12.0 Å². The lowest BCUT2D eigenvalue weighted by atomic mass is 9.87. The first-order chi connectivity index (χ1) is 6.74. The number of aliphatic carboxylic acids is 1. The standard InChI is InChI=1S/C10H9NO3/c12-5-6-2-1-3-7-8(10(13)14)4-11-9(6)7/h1-5,7,9,11H,(H,13,14). The highest BCUT2D eigenvalue weighted by molar-refractivity contribution is 5.90. The van der Waals surface area contributed by atoms with Gasteiger partial charge in [-0.1, -0.05) is 18.2 Å². The molecule has 0 fully saturated rings. The van der Waals surface area contributed by atoms with Crippen molar-refractivity contribution in [3.63, 3.8) is 0 Å². The van der Waals surface area contributed by atoms with E-state index in [1.807, 2.05) is 0 Å². The minimum Gasteiger partial charge on any atom is -0.478 e. The van der Waals surface area contributed by atoms with Crippen molar-refractivity contribution in [2.24, 2.45) is 5.92 Å². The summed E-state index contributed by atoms with van der Waals surface area (Å²) in [5.41, 5.74) is 0.892. The lowest BCUT2D eigenvalue weighted by Gasteiger charge is -2.21. The predicted octanol–water partition coefficient (Wildman–Crippen LogP) is 0.238. The topological polar surface area (TPSA) is 66.4 Å². The molecule has 2 N–H and O–H groups in total. The number of carbonyl (C=O) groups excluding carboxylic acids is 1. The molecule has 72 valence electrons. The van der Waals surface area contributed by atoms with Crippen LogP contribution in [0.3, 0.4) is 0 Å². The van der Waals surface area contributed by atoms with Crippen molar-refractivity contribution in [3.8, 4) is 0 Å². The molecule has 2 aliphatic rings. The Morgan fingerprint density at radius 2 is 2.36 bits per heavy atom. The van der Waals surface area contributed by atoms with Gasteiger partial charge >= 0.3 is 5.97 Å². The van der Waals surface area contributed by atoms with Gasteiger partial charge in [-0.3, -0.25) is 4.79 Å². The number of hydrogen-bond donors (Lipinski definition) is 2. The van der Waals surface area contributed by atoms with Gasteiger partial charge in [0.25, 0.3) is 0 Å². The van der Waals surface area contributed by atoms with Gasteiger partial charge in [-0.2, -0.15) is 0 Å². The quantitative estimate of drug-likeness (QED) is 0.613. The first-order valence-corrected chi connectivity index (χ1v) is 4.27. The SMILES string of the molecule is O=CC1=CC=CC2C(C(=O)O)=CNC12. The van der Waals surface area contributed by atoms with Crippen LogP contribution in [0.2, 0.25) is 0 Å². The van der Waals surface area contributed by atoms with Crippen molar-refractivity contribution in [3.05, 3.63) is 35.6 Å². The zero-order valence-electron chi connectivity index (χ0n) is 7.31. The van der Waals surface area contributed by atoms with Crippen molar-refractivity contribution < 1.29 is 14.7 Å². The van der Waals surface area contributed by atoms with Crippen LogP contribution < -0.4 is 5.32 Å². The number of carboxylic acid groups (broad SMARTS) is 1. The number of carbonyl (C=O) groups is 2. The van der Waals surface area contributed by atoms with Crippen molar-refractivity contribution in [1.82, 2.24) is 5.32 Å². The summed E-state index contributed by atoms with van der Waals surface area (Å²) in [5, 5.41) is 11.8. The molecule has 14 heavy (non-hydrogen) atoms. The Morgan fingerprint density at radius 3 is 3.00 bits per heavy atom. The molecule has 2 unspecified atom stereocenters. The molecule has 2 rings (SSSR count). The molecule has 4 nitrogen and oxygen atoms in total. The van der Waals surface area contributed by atoms with E-state index in [1.165, 1.54) is 6.20 Å². The maximum atomic E-state index is 10.8. The van der Waals surface area contributed by atoms with Crippen LogP contribution in [0, 0.1) is 5.92 Å². The van der Waals surface area contributed by atoms with Crippen molar-refractivity contribution in [1.29, 1.82) is 0 Å². The third-order valence-electron chi connectivity index (χ3n) is 2.49. The van der Waals surface area contributed by atoms with Crippen LogP contribution in [0.1, 0.15) is 0 Å². The van der Waals surface area contributed by atoms with Crippen LogP contribution in [0.5, 0.6) is 0 Å². The second-order valence-electron chi connectivity index (χ2n) is 3.24. The molecule has 1 heterocycles. The summed E-state index contributed by atoms with van der Waals surface area (Å²) in [4.78, 5) is 21.5. The van der Waals surface area contributed by atoms with Crippen LogP contribution in [-0.2, 0) is 9.59 Å². The van der Waals surface area contributed by atoms with E-state index in [1.54, 1.807) is 18.2 Å². The molecule has 0 aromatic rings. The van der Waals surface area contributed by atoms with E-state index in [9.17, 15) is 9.59 Å². The normalized spacial score (nSPS) is 28.6. The number of aldehydes is 1. The second kappa shape index (κ2) is 3.14. The van der Waals surface area contributed by atoms with Gasteiger partial charge in [0.2, 0.25) is 0 Å². The van der Waals surface area contributed by atoms with Crippen molar-refractivity contribution >= 4 is 12.3 Å². The Labute approximate surface area is 80.6 Å². The summed E-state index contributed by atoms with van der Waals surface area (Å²) in [6.07, 6.45) is 7.42. The molecule has 4 heteroatoms. The lowest BCUT2D eigenvalue weighted by Crippen LogP contribution is -2.31. The fraction of sp³-hybridized carbons (Fsp3) is 0.200. The van der Waals surface area contributed by atoms with Crippen molar-refractivity contribution in [2.45, 2.75) is 6.04 Å². The summed E-state index contributed by atoms with van der Waals surface area (Å²) in [6, 6.07) is -0.205. The monoisotopic (exact) mass is 191 g/mol. The van der Waals surface area contributed by atoms with Gasteiger partial charge in [0.05, 0.1) is 11.6 Å². The van der Waals surface area contributed by atoms with E-state index in [0.29, 0.717) is 11.1 Å². The van der Waals surface area contributed by atoms with Gasteiger partial charge < -0.3 is 10.4 Å². The van der Waals surface area contributed by atoms with Crippen LogP contribution in [-0.4, -0.2) is 23.4 Å². The number of allylic oxidation sites excluding steroid dienone is 2. The molecule has 0 radical (unpaired) electrons. The summed E-state index contributed by atoms with van der Waals surface area (Å²) in [6.45, 7) is 0. The maximum absolute atomic E-state index is 10.8. The van der Waals surface area contributed by atoms with Gasteiger partial charge in [0, 0.05) is 17.7 Å². The van der Waals surface area contributed by atoms with Crippen molar-refractivity contribution in [2.75, 3.05) is 0 Å². The highest BCUT2D eigenvalue weighted by Crippen LogP contribution is 2.29. The Bertz CT molecular complexity index is 379. The number of carboxylic acids is 1. The smallest absolute Gasteiger partial charge is 0.333 e.